The minimum absolute atomic E-state index is 0.100. The predicted molar refractivity (Wildman–Crippen MR) is 86.7 cm³/mol. The third kappa shape index (κ3) is 3.11. The van der Waals surface area contributed by atoms with Gasteiger partial charge in [0.05, 0.1) is 16.3 Å². The third-order valence-corrected chi connectivity index (χ3v) is 3.50. The van der Waals surface area contributed by atoms with Crippen LogP contribution in [-0.2, 0) is 0 Å². The number of anilines is 3. The Kier molecular flexibility index (Phi) is 4.38. The zero-order valence-electron chi connectivity index (χ0n) is 11.9. The topological polar surface area (TPSA) is 66.6 Å². The number of rotatable bonds is 4. The molecule has 0 bridgehead atoms. The second-order valence-electron chi connectivity index (χ2n) is 4.79. The summed E-state index contributed by atoms with van der Waals surface area (Å²) >= 11 is 6.26. The molecule has 0 fully saturated rings. The Morgan fingerprint density at radius 3 is 2.62 bits per heavy atom. The van der Waals surface area contributed by atoms with Crippen molar-refractivity contribution >= 4 is 34.6 Å². The van der Waals surface area contributed by atoms with Gasteiger partial charge in [0.2, 0.25) is 0 Å². The first-order valence-electron chi connectivity index (χ1n) is 6.60. The molecule has 0 heterocycles. The van der Waals surface area contributed by atoms with Crippen molar-refractivity contribution < 1.29 is 9.90 Å². The smallest absolute Gasteiger partial charge is 0.337 e. The van der Waals surface area contributed by atoms with Crippen molar-refractivity contribution in [1.29, 1.82) is 0 Å². The SMILES string of the molecule is CCN(c1cccc(C)c1)c1c(Cl)cc(N)cc1C(=O)O. The summed E-state index contributed by atoms with van der Waals surface area (Å²) in [6.07, 6.45) is 0. The van der Waals surface area contributed by atoms with Gasteiger partial charge in [0, 0.05) is 17.9 Å². The van der Waals surface area contributed by atoms with Gasteiger partial charge in [-0.3, -0.25) is 0 Å². The van der Waals surface area contributed by atoms with Crippen molar-refractivity contribution in [3.05, 3.63) is 52.5 Å². The molecule has 5 heteroatoms. The number of benzene rings is 2. The lowest BCUT2D eigenvalue weighted by atomic mass is 10.1. The Morgan fingerprint density at radius 1 is 1.33 bits per heavy atom. The number of aryl methyl sites for hydroxylation is 1. The quantitative estimate of drug-likeness (QED) is 0.835. The van der Waals surface area contributed by atoms with E-state index in [1.807, 2.05) is 43.0 Å². The molecule has 0 saturated heterocycles. The molecule has 0 amide bonds. The fraction of sp³-hybridized carbons (Fsp3) is 0.188. The standard InChI is InChI=1S/C16H17ClN2O2/c1-3-19(12-6-4-5-10(2)7-12)15-13(16(20)21)8-11(18)9-14(15)17/h4-9H,3,18H2,1-2H3,(H,20,21). The summed E-state index contributed by atoms with van der Waals surface area (Å²) < 4.78 is 0. The second kappa shape index (κ2) is 6.06. The minimum Gasteiger partial charge on any atom is -0.478 e. The molecule has 21 heavy (non-hydrogen) atoms. The number of carboxylic acids is 1. The van der Waals surface area contributed by atoms with Gasteiger partial charge in [-0.25, -0.2) is 4.79 Å². The number of hydrogen-bond donors (Lipinski definition) is 2. The maximum Gasteiger partial charge on any atom is 0.337 e. The van der Waals surface area contributed by atoms with Crippen LogP contribution in [0.25, 0.3) is 0 Å². The van der Waals surface area contributed by atoms with Crippen LogP contribution in [0.5, 0.6) is 0 Å². The van der Waals surface area contributed by atoms with E-state index in [-0.39, 0.29) is 5.56 Å². The van der Waals surface area contributed by atoms with Crippen LogP contribution in [0.1, 0.15) is 22.8 Å². The number of carboxylic acid groups (broad SMARTS) is 1. The first-order chi connectivity index (χ1) is 9.93. The number of halogens is 1. The van der Waals surface area contributed by atoms with Crippen molar-refractivity contribution in [3.63, 3.8) is 0 Å². The molecule has 2 aromatic rings. The molecule has 0 atom stereocenters. The number of nitrogens with two attached hydrogens (primary N) is 1. The summed E-state index contributed by atoms with van der Waals surface area (Å²) in [6.45, 7) is 4.52. The van der Waals surface area contributed by atoms with E-state index in [0.717, 1.165) is 11.3 Å². The van der Waals surface area contributed by atoms with Gasteiger partial charge in [-0.15, -0.1) is 0 Å². The van der Waals surface area contributed by atoms with E-state index in [9.17, 15) is 9.90 Å². The van der Waals surface area contributed by atoms with Crippen LogP contribution in [-0.4, -0.2) is 17.6 Å². The van der Waals surface area contributed by atoms with E-state index in [1.54, 1.807) is 6.07 Å². The molecule has 0 spiro atoms. The van der Waals surface area contributed by atoms with Crippen LogP contribution in [0.3, 0.4) is 0 Å². The molecule has 0 radical (unpaired) electrons. The van der Waals surface area contributed by atoms with Crippen LogP contribution in [0.15, 0.2) is 36.4 Å². The monoisotopic (exact) mass is 304 g/mol. The van der Waals surface area contributed by atoms with Gasteiger partial charge in [0.1, 0.15) is 0 Å². The molecule has 0 aliphatic heterocycles. The number of carbonyl (C=O) groups is 1. The van der Waals surface area contributed by atoms with E-state index in [2.05, 4.69) is 0 Å². The highest BCUT2D eigenvalue weighted by atomic mass is 35.5. The average Bonchev–Trinajstić information content (AvgIpc) is 2.41. The highest BCUT2D eigenvalue weighted by Crippen LogP contribution is 2.37. The Bertz CT molecular complexity index is 686. The lowest BCUT2D eigenvalue weighted by Crippen LogP contribution is -2.20. The van der Waals surface area contributed by atoms with Crippen molar-refractivity contribution in [1.82, 2.24) is 0 Å². The van der Waals surface area contributed by atoms with Gasteiger partial charge in [-0.05, 0) is 43.7 Å². The van der Waals surface area contributed by atoms with Crippen molar-refractivity contribution in [2.24, 2.45) is 0 Å². The third-order valence-electron chi connectivity index (χ3n) is 3.22. The summed E-state index contributed by atoms with van der Waals surface area (Å²) in [5, 5.41) is 9.75. The Balaban J connectivity index is 2.65. The maximum absolute atomic E-state index is 11.5. The van der Waals surface area contributed by atoms with Crippen molar-refractivity contribution in [2.75, 3.05) is 17.2 Å². The molecule has 4 nitrogen and oxygen atoms in total. The number of hydrogen-bond acceptors (Lipinski definition) is 3. The van der Waals surface area contributed by atoms with Gasteiger partial charge in [-0.1, -0.05) is 23.7 Å². The lowest BCUT2D eigenvalue weighted by Gasteiger charge is -2.26. The normalized spacial score (nSPS) is 10.4. The van der Waals surface area contributed by atoms with E-state index in [1.165, 1.54) is 6.07 Å². The van der Waals surface area contributed by atoms with Gasteiger partial charge in [0.15, 0.2) is 0 Å². The molecule has 0 aliphatic rings. The van der Waals surface area contributed by atoms with Gasteiger partial charge < -0.3 is 15.7 Å². The number of aromatic carboxylic acids is 1. The zero-order valence-corrected chi connectivity index (χ0v) is 12.7. The molecule has 110 valence electrons. The predicted octanol–water partition coefficient (Wildman–Crippen LogP) is 4.09. The summed E-state index contributed by atoms with van der Waals surface area (Å²) in [4.78, 5) is 13.4. The summed E-state index contributed by atoms with van der Waals surface area (Å²) in [5.41, 5.74) is 8.59. The first-order valence-corrected chi connectivity index (χ1v) is 6.98. The van der Waals surface area contributed by atoms with Crippen LogP contribution >= 0.6 is 11.6 Å². The molecule has 2 aromatic carbocycles. The molecule has 0 aromatic heterocycles. The van der Waals surface area contributed by atoms with Crippen LogP contribution < -0.4 is 10.6 Å². The molecule has 0 saturated carbocycles. The number of nitrogen functional groups attached to an aromatic ring is 1. The van der Waals surface area contributed by atoms with E-state index in [0.29, 0.717) is 22.9 Å². The zero-order chi connectivity index (χ0) is 15.6. The Hall–Kier alpha value is -2.20. The largest absolute Gasteiger partial charge is 0.478 e. The molecule has 0 unspecified atom stereocenters. The van der Waals surface area contributed by atoms with Gasteiger partial charge in [0.25, 0.3) is 0 Å². The molecule has 2 rings (SSSR count). The molecular formula is C16H17ClN2O2. The van der Waals surface area contributed by atoms with Crippen molar-refractivity contribution in [3.8, 4) is 0 Å². The number of nitrogens with zero attached hydrogens (tertiary/aromatic N) is 1. The fourth-order valence-electron chi connectivity index (χ4n) is 2.32. The Labute approximate surface area is 128 Å². The lowest BCUT2D eigenvalue weighted by molar-refractivity contribution is 0.0697. The Morgan fingerprint density at radius 2 is 2.05 bits per heavy atom. The molecule has 0 aliphatic carbocycles. The summed E-state index contributed by atoms with van der Waals surface area (Å²) in [7, 11) is 0. The van der Waals surface area contributed by atoms with E-state index >= 15 is 0 Å². The van der Waals surface area contributed by atoms with Crippen LogP contribution in [0, 0.1) is 6.92 Å². The fourth-order valence-corrected chi connectivity index (χ4v) is 2.65. The average molecular weight is 305 g/mol. The van der Waals surface area contributed by atoms with E-state index in [4.69, 9.17) is 17.3 Å². The van der Waals surface area contributed by atoms with E-state index < -0.39 is 5.97 Å². The van der Waals surface area contributed by atoms with Gasteiger partial charge >= 0.3 is 5.97 Å². The first kappa shape index (κ1) is 15.2. The van der Waals surface area contributed by atoms with Crippen LogP contribution in [0.2, 0.25) is 5.02 Å². The van der Waals surface area contributed by atoms with Crippen molar-refractivity contribution in [2.45, 2.75) is 13.8 Å². The second-order valence-corrected chi connectivity index (χ2v) is 5.19. The highest BCUT2D eigenvalue weighted by Gasteiger charge is 2.20. The summed E-state index contributed by atoms with van der Waals surface area (Å²) in [5.74, 6) is -1.05. The molecule has 3 N–H and O–H groups in total. The molecular weight excluding hydrogens is 288 g/mol. The van der Waals surface area contributed by atoms with Gasteiger partial charge in [-0.2, -0.15) is 0 Å². The van der Waals surface area contributed by atoms with Crippen LogP contribution in [0.4, 0.5) is 17.1 Å². The summed E-state index contributed by atoms with van der Waals surface area (Å²) in [6, 6.07) is 10.8. The highest BCUT2D eigenvalue weighted by molar-refractivity contribution is 6.34. The maximum atomic E-state index is 11.5. The minimum atomic E-state index is -1.05.